The average molecular weight is 364 g/mol. The number of fused-ring (bicyclic) bond motifs is 1. The number of H-pyrrole nitrogens is 1. The van der Waals surface area contributed by atoms with Gasteiger partial charge in [-0.05, 0) is 13.0 Å². The number of carbonyl (C=O) groups excluding carboxylic acids is 2. The molecule has 26 heavy (non-hydrogen) atoms. The van der Waals surface area contributed by atoms with Crippen LogP contribution in [0.25, 0.3) is 10.9 Å². The first-order valence-electron chi connectivity index (χ1n) is 7.87. The SMILES string of the molecule is CCOC(=O)c1[nH]c2cc(OC)c(OC)cc2c1NC(=O)CCC(=O)O. The number of benzene rings is 1. The number of carboxylic acid groups (broad SMARTS) is 1. The predicted molar refractivity (Wildman–Crippen MR) is 92.9 cm³/mol. The number of amides is 1. The molecule has 2 rings (SSSR count). The van der Waals surface area contributed by atoms with Crippen LogP contribution >= 0.6 is 0 Å². The molecule has 1 amide bonds. The minimum absolute atomic E-state index is 0.0563. The molecule has 9 nitrogen and oxygen atoms in total. The van der Waals surface area contributed by atoms with Crippen LogP contribution < -0.4 is 14.8 Å². The van der Waals surface area contributed by atoms with Crippen LogP contribution in [0.5, 0.6) is 11.5 Å². The largest absolute Gasteiger partial charge is 0.493 e. The fourth-order valence-electron chi connectivity index (χ4n) is 2.43. The standard InChI is InChI=1S/C17H20N2O7/c1-4-26-17(23)16-15(19-13(20)5-6-14(21)22)9-7-11(24-2)12(25-3)8-10(9)18-16/h7-8,18H,4-6H2,1-3H3,(H,19,20)(H,21,22). The van der Waals surface area contributed by atoms with E-state index in [2.05, 4.69) is 10.3 Å². The number of esters is 1. The Balaban J connectivity index is 2.51. The predicted octanol–water partition coefficient (Wildman–Crippen LogP) is 2.17. The molecule has 0 fully saturated rings. The Morgan fingerprint density at radius 3 is 2.35 bits per heavy atom. The molecular weight excluding hydrogens is 344 g/mol. The minimum atomic E-state index is -1.09. The molecule has 0 saturated heterocycles. The Morgan fingerprint density at radius 1 is 1.12 bits per heavy atom. The van der Waals surface area contributed by atoms with Crippen LogP contribution in [0.3, 0.4) is 0 Å². The number of hydrogen-bond acceptors (Lipinski definition) is 6. The number of hydrogen-bond donors (Lipinski definition) is 3. The van der Waals surface area contributed by atoms with Crippen LogP contribution in [-0.4, -0.2) is 48.8 Å². The molecule has 1 aromatic heterocycles. The van der Waals surface area contributed by atoms with Crippen LogP contribution in [0, 0.1) is 0 Å². The number of carbonyl (C=O) groups is 3. The van der Waals surface area contributed by atoms with Gasteiger partial charge in [-0.1, -0.05) is 0 Å². The molecule has 0 spiro atoms. The molecule has 0 atom stereocenters. The number of methoxy groups -OCH3 is 2. The molecule has 0 unspecified atom stereocenters. The third-order valence-corrected chi connectivity index (χ3v) is 3.61. The molecule has 0 saturated carbocycles. The first kappa shape index (κ1) is 19.1. The quantitative estimate of drug-likeness (QED) is 0.613. The molecule has 0 aliphatic rings. The Hall–Kier alpha value is -3.23. The third-order valence-electron chi connectivity index (χ3n) is 3.61. The molecule has 0 aliphatic heterocycles. The summed E-state index contributed by atoms with van der Waals surface area (Å²) in [4.78, 5) is 37.8. The molecule has 9 heteroatoms. The Morgan fingerprint density at radius 2 is 1.77 bits per heavy atom. The molecule has 1 heterocycles. The summed E-state index contributed by atoms with van der Waals surface area (Å²) in [5.41, 5.74) is 0.787. The molecule has 1 aromatic carbocycles. The maximum Gasteiger partial charge on any atom is 0.356 e. The monoisotopic (exact) mass is 364 g/mol. The van der Waals surface area contributed by atoms with Gasteiger partial charge in [-0.15, -0.1) is 0 Å². The number of aliphatic carboxylic acids is 1. The van der Waals surface area contributed by atoms with Gasteiger partial charge in [0.05, 0.1) is 38.5 Å². The van der Waals surface area contributed by atoms with Crippen molar-refractivity contribution in [3.05, 3.63) is 17.8 Å². The molecule has 140 valence electrons. The van der Waals surface area contributed by atoms with E-state index in [0.29, 0.717) is 22.4 Å². The summed E-state index contributed by atoms with van der Waals surface area (Å²) in [5.74, 6) is -1.41. The molecule has 0 bridgehead atoms. The van der Waals surface area contributed by atoms with Gasteiger partial charge in [-0.2, -0.15) is 0 Å². The van der Waals surface area contributed by atoms with Gasteiger partial charge in [-0.25, -0.2) is 4.79 Å². The Kier molecular flexibility index (Phi) is 6.05. The van der Waals surface area contributed by atoms with Crippen molar-refractivity contribution in [2.24, 2.45) is 0 Å². The highest BCUT2D eigenvalue weighted by atomic mass is 16.5. The van der Waals surface area contributed by atoms with Gasteiger partial charge in [-0.3, -0.25) is 9.59 Å². The number of ether oxygens (including phenoxy) is 3. The van der Waals surface area contributed by atoms with Crippen molar-refractivity contribution in [2.75, 3.05) is 26.1 Å². The van der Waals surface area contributed by atoms with Gasteiger partial charge in [0.15, 0.2) is 11.5 Å². The van der Waals surface area contributed by atoms with Gasteiger partial charge in [0, 0.05) is 17.9 Å². The van der Waals surface area contributed by atoms with E-state index in [1.165, 1.54) is 14.2 Å². The van der Waals surface area contributed by atoms with Gasteiger partial charge in [0.1, 0.15) is 5.69 Å². The van der Waals surface area contributed by atoms with Crippen LogP contribution in [0.1, 0.15) is 30.3 Å². The summed E-state index contributed by atoms with van der Waals surface area (Å²) in [7, 11) is 2.95. The number of rotatable bonds is 8. The highest BCUT2D eigenvalue weighted by Gasteiger charge is 2.22. The number of aromatic amines is 1. The van der Waals surface area contributed by atoms with E-state index in [4.69, 9.17) is 19.3 Å². The molecular formula is C17H20N2O7. The molecule has 0 radical (unpaired) electrons. The van der Waals surface area contributed by atoms with Gasteiger partial charge >= 0.3 is 11.9 Å². The number of anilines is 1. The minimum Gasteiger partial charge on any atom is -0.493 e. The lowest BCUT2D eigenvalue weighted by atomic mass is 10.2. The van der Waals surface area contributed by atoms with Gasteiger partial charge in [0.2, 0.25) is 5.91 Å². The number of aromatic nitrogens is 1. The van der Waals surface area contributed by atoms with E-state index in [-0.39, 0.29) is 30.8 Å². The van der Waals surface area contributed by atoms with E-state index in [1.54, 1.807) is 19.1 Å². The zero-order valence-electron chi connectivity index (χ0n) is 14.7. The smallest absolute Gasteiger partial charge is 0.356 e. The van der Waals surface area contributed by atoms with Crippen LogP contribution in [0.4, 0.5) is 5.69 Å². The highest BCUT2D eigenvalue weighted by Crippen LogP contribution is 2.37. The van der Waals surface area contributed by atoms with Crippen LogP contribution in [0.2, 0.25) is 0 Å². The summed E-state index contributed by atoms with van der Waals surface area (Å²) in [6, 6.07) is 3.24. The fraction of sp³-hybridized carbons (Fsp3) is 0.353. The van der Waals surface area contributed by atoms with Crippen molar-refractivity contribution in [1.29, 1.82) is 0 Å². The maximum absolute atomic E-state index is 12.2. The van der Waals surface area contributed by atoms with E-state index >= 15 is 0 Å². The van der Waals surface area contributed by atoms with Crippen molar-refractivity contribution >= 4 is 34.4 Å². The zero-order chi connectivity index (χ0) is 19.3. The van der Waals surface area contributed by atoms with Crippen molar-refractivity contribution in [3.63, 3.8) is 0 Å². The number of nitrogens with one attached hydrogen (secondary N) is 2. The van der Waals surface area contributed by atoms with Gasteiger partial charge in [0.25, 0.3) is 0 Å². The zero-order valence-corrected chi connectivity index (χ0v) is 14.7. The average Bonchev–Trinajstić information content (AvgIpc) is 2.96. The first-order valence-corrected chi connectivity index (χ1v) is 7.87. The van der Waals surface area contributed by atoms with Crippen molar-refractivity contribution in [3.8, 4) is 11.5 Å². The van der Waals surface area contributed by atoms with Crippen molar-refractivity contribution in [1.82, 2.24) is 4.98 Å². The normalized spacial score (nSPS) is 10.4. The lowest BCUT2D eigenvalue weighted by Gasteiger charge is -2.09. The van der Waals surface area contributed by atoms with Crippen molar-refractivity contribution < 1.29 is 33.7 Å². The summed E-state index contributed by atoms with van der Waals surface area (Å²) in [6.45, 7) is 1.82. The van der Waals surface area contributed by atoms with E-state index in [9.17, 15) is 14.4 Å². The molecule has 2 aromatic rings. The second kappa shape index (κ2) is 8.24. The Bertz CT molecular complexity index is 841. The van der Waals surface area contributed by atoms with Crippen LogP contribution in [0.15, 0.2) is 12.1 Å². The second-order valence-electron chi connectivity index (χ2n) is 5.29. The van der Waals surface area contributed by atoms with E-state index in [1.807, 2.05) is 0 Å². The van der Waals surface area contributed by atoms with Crippen molar-refractivity contribution in [2.45, 2.75) is 19.8 Å². The summed E-state index contributed by atoms with van der Waals surface area (Å²) < 4.78 is 15.5. The topological polar surface area (TPSA) is 127 Å². The fourth-order valence-corrected chi connectivity index (χ4v) is 2.43. The number of carboxylic acids is 1. The first-order chi connectivity index (χ1) is 12.4. The van der Waals surface area contributed by atoms with E-state index in [0.717, 1.165) is 0 Å². The van der Waals surface area contributed by atoms with E-state index < -0.39 is 17.8 Å². The Labute approximate surface area is 149 Å². The summed E-state index contributed by atoms with van der Waals surface area (Å²) in [6.07, 6.45) is -0.544. The second-order valence-corrected chi connectivity index (χ2v) is 5.29. The summed E-state index contributed by atoms with van der Waals surface area (Å²) in [5, 5.41) is 11.8. The maximum atomic E-state index is 12.2. The highest BCUT2D eigenvalue weighted by molar-refractivity contribution is 6.11. The van der Waals surface area contributed by atoms with Gasteiger partial charge < -0.3 is 29.6 Å². The lowest BCUT2D eigenvalue weighted by molar-refractivity contribution is -0.138. The summed E-state index contributed by atoms with van der Waals surface area (Å²) >= 11 is 0. The molecule has 3 N–H and O–H groups in total. The molecule has 0 aliphatic carbocycles. The third kappa shape index (κ3) is 4.05. The van der Waals surface area contributed by atoms with Crippen LogP contribution in [-0.2, 0) is 14.3 Å². The lowest BCUT2D eigenvalue weighted by Crippen LogP contribution is -2.16.